The van der Waals surface area contributed by atoms with Crippen molar-refractivity contribution in [3.8, 4) is 0 Å². The van der Waals surface area contributed by atoms with Crippen LogP contribution >= 0.6 is 11.8 Å². The van der Waals surface area contributed by atoms with Crippen LogP contribution in [0, 0.1) is 0 Å². The van der Waals surface area contributed by atoms with E-state index in [9.17, 15) is 18.0 Å². The molecule has 3 rings (SSSR count). The summed E-state index contributed by atoms with van der Waals surface area (Å²) in [5.74, 6) is -1.37. The van der Waals surface area contributed by atoms with Gasteiger partial charge in [0.25, 0.3) is 0 Å². The van der Waals surface area contributed by atoms with Crippen LogP contribution in [0.4, 0.5) is 13.2 Å². The highest BCUT2D eigenvalue weighted by atomic mass is 32.2. The molecule has 0 radical (unpaired) electrons. The van der Waals surface area contributed by atoms with E-state index in [2.05, 4.69) is 10.2 Å². The van der Waals surface area contributed by atoms with Crippen LogP contribution in [0.15, 0.2) is 52.5 Å². The third kappa shape index (κ3) is 2.87. The van der Waals surface area contributed by atoms with Gasteiger partial charge in [-0.05, 0) is 36.0 Å². The number of hydrogen-bond acceptors (Lipinski definition) is 4. The van der Waals surface area contributed by atoms with Crippen LogP contribution < -0.4 is 0 Å². The number of pyridine rings is 1. The molecule has 0 aliphatic rings. The number of rotatable bonds is 3. The van der Waals surface area contributed by atoms with Gasteiger partial charge in [0.2, 0.25) is 5.16 Å². The van der Waals surface area contributed by atoms with Gasteiger partial charge < -0.3 is 5.11 Å². The van der Waals surface area contributed by atoms with Crippen molar-refractivity contribution in [2.45, 2.75) is 16.2 Å². The average molecular weight is 339 g/mol. The minimum Gasteiger partial charge on any atom is -0.478 e. The number of hydrogen-bond donors (Lipinski definition) is 1. The van der Waals surface area contributed by atoms with Crippen LogP contribution in [0.3, 0.4) is 0 Å². The summed E-state index contributed by atoms with van der Waals surface area (Å²) in [5, 5.41) is 16.4. The largest absolute Gasteiger partial charge is 0.478 e. The predicted molar refractivity (Wildman–Crippen MR) is 75.5 cm³/mol. The first-order valence-corrected chi connectivity index (χ1v) is 7.11. The molecule has 0 aliphatic carbocycles. The fourth-order valence-electron chi connectivity index (χ4n) is 2.02. The molecule has 1 N–H and O–H groups in total. The van der Waals surface area contributed by atoms with Gasteiger partial charge in [0, 0.05) is 4.90 Å². The molecular formula is C14H8F3N3O2S. The minimum absolute atomic E-state index is 0.0541. The average Bonchev–Trinajstić information content (AvgIpc) is 2.90. The molecule has 2 aromatic heterocycles. The predicted octanol–water partition coefficient (Wildman–Crippen LogP) is 3.60. The molecule has 0 bridgehead atoms. The zero-order valence-corrected chi connectivity index (χ0v) is 12.1. The van der Waals surface area contributed by atoms with Crippen molar-refractivity contribution in [3.05, 3.63) is 53.7 Å². The van der Waals surface area contributed by atoms with Crippen molar-refractivity contribution in [1.29, 1.82) is 0 Å². The zero-order chi connectivity index (χ0) is 16.6. The topological polar surface area (TPSA) is 67.5 Å². The summed E-state index contributed by atoms with van der Waals surface area (Å²) < 4.78 is 40.4. The van der Waals surface area contributed by atoms with E-state index < -0.39 is 17.8 Å². The number of fused-ring (bicyclic) bond motifs is 1. The number of nitrogens with zero attached hydrogens (tertiary/aromatic N) is 3. The molecular weight excluding hydrogens is 331 g/mol. The van der Waals surface area contributed by atoms with Gasteiger partial charge in [-0.1, -0.05) is 18.2 Å². The van der Waals surface area contributed by atoms with E-state index >= 15 is 0 Å². The van der Waals surface area contributed by atoms with E-state index in [1.165, 1.54) is 0 Å². The number of alkyl halides is 3. The van der Waals surface area contributed by atoms with Crippen LogP contribution in [-0.4, -0.2) is 25.7 Å². The van der Waals surface area contributed by atoms with Crippen molar-refractivity contribution in [3.63, 3.8) is 0 Å². The van der Waals surface area contributed by atoms with Gasteiger partial charge in [-0.25, -0.2) is 4.79 Å². The Bertz CT molecular complexity index is 878. The highest BCUT2D eigenvalue weighted by molar-refractivity contribution is 7.99. The molecule has 3 aromatic rings. The molecule has 2 heterocycles. The fraction of sp³-hybridized carbons (Fsp3) is 0.0714. The lowest BCUT2D eigenvalue weighted by atomic mass is 10.2. The van der Waals surface area contributed by atoms with E-state index in [4.69, 9.17) is 5.11 Å². The van der Waals surface area contributed by atoms with Crippen molar-refractivity contribution in [2.75, 3.05) is 0 Å². The third-order valence-electron chi connectivity index (χ3n) is 3.00. The van der Waals surface area contributed by atoms with Gasteiger partial charge in [-0.15, -0.1) is 10.2 Å². The highest BCUT2D eigenvalue weighted by Crippen LogP contribution is 2.34. The SMILES string of the molecule is O=C(O)c1ccc(C(F)(F)F)n2c(Sc3ccccc3)nnc12. The first-order chi connectivity index (χ1) is 10.9. The summed E-state index contributed by atoms with van der Waals surface area (Å²) in [4.78, 5) is 11.8. The Hall–Kier alpha value is -2.55. The molecule has 9 heteroatoms. The summed E-state index contributed by atoms with van der Waals surface area (Å²) in [6.07, 6.45) is -4.66. The smallest absolute Gasteiger partial charge is 0.431 e. The molecule has 0 aliphatic heterocycles. The van der Waals surface area contributed by atoms with E-state index in [0.29, 0.717) is 4.90 Å². The van der Waals surface area contributed by atoms with Gasteiger partial charge in [0.15, 0.2) is 5.65 Å². The lowest BCUT2D eigenvalue weighted by Gasteiger charge is -2.11. The first-order valence-electron chi connectivity index (χ1n) is 6.29. The number of aromatic carboxylic acids is 1. The lowest BCUT2D eigenvalue weighted by Crippen LogP contribution is -2.14. The summed E-state index contributed by atoms with van der Waals surface area (Å²) in [5.41, 5.74) is -1.71. The van der Waals surface area contributed by atoms with Crippen LogP contribution in [0.5, 0.6) is 0 Å². The number of carboxylic acid groups (broad SMARTS) is 1. The Morgan fingerprint density at radius 2 is 1.78 bits per heavy atom. The zero-order valence-electron chi connectivity index (χ0n) is 11.3. The maximum Gasteiger partial charge on any atom is 0.431 e. The Balaban J connectivity index is 2.23. The van der Waals surface area contributed by atoms with Crippen molar-refractivity contribution in [2.24, 2.45) is 0 Å². The molecule has 0 spiro atoms. The standard InChI is InChI=1S/C14H8F3N3O2S/c15-14(16,17)10-7-6-9(12(21)22)11-18-19-13(20(10)11)23-8-4-2-1-3-5-8/h1-7H,(H,21,22). The lowest BCUT2D eigenvalue weighted by molar-refractivity contribution is -0.142. The molecule has 5 nitrogen and oxygen atoms in total. The van der Waals surface area contributed by atoms with Gasteiger partial charge in [-0.3, -0.25) is 4.40 Å². The third-order valence-corrected chi connectivity index (χ3v) is 3.95. The number of aromatic nitrogens is 3. The molecule has 0 saturated carbocycles. The Kier molecular flexibility index (Phi) is 3.72. The van der Waals surface area contributed by atoms with E-state index in [1.807, 2.05) is 0 Å². The molecule has 118 valence electrons. The molecule has 0 amide bonds. The molecule has 0 unspecified atom stereocenters. The second-order valence-corrected chi connectivity index (χ2v) is 5.53. The van der Waals surface area contributed by atoms with Crippen LogP contribution in [0.2, 0.25) is 0 Å². The van der Waals surface area contributed by atoms with Crippen LogP contribution in [-0.2, 0) is 6.18 Å². The fourth-order valence-corrected chi connectivity index (χ4v) is 2.88. The number of carboxylic acids is 1. The van der Waals surface area contributed by atoms with Crippen molar-refractivity contribution < 1.29 is 23.1 Å². The highest BCUT2D eigenvalue weighted by Gasteiger charge is 2.36. The molecule has 1 aromatic carbocycles. The number of carbonyl (C=O) groups is 1. The summed E-state index contributed by atoms with van der Waals surface area (Å²) in [6.45, 7) is 0. The monoisotopic (exact) mass is 339 g/mol. The van der Waals surface area contributed by atoms with Crippen molar-refractivity contribution in [1.82, 2.24) is 14.6 Å². The van der Waals surface area contributed by atoms with Crippen molar-refractivity contribution >= 4 is 23.4 Å². The molecule has 0 saturated heterocycles. The Morgan fingerprint density at radius 3 is 2.39 bits per heavy atom. The van der Waals surface area contributed by atoms with E-state index in [0.717, 1.165) is 28.3 Å². The van der Waals surface area contributed by atoms with Gasteiger partial charge in [0.05, 0.1) is 0 Å². The summed E-state index contributed by atoms with van der Waals surface area (Å²) in [6, 6.07) is 10.3. The van der Waals surface area contributed by atoms with Crippen LogP contribution in [0.25, 0.3) is 5.65 Å². The first kappa shape index (κ1) is 15.3. The van der Waals surface area contributed by atoms with E-state index in [1.54, 1.807) is 30.3 Å². The van der Waals surface area contributed by atoms with Gasteiger partial charge in [-0.2, -0.15) is 13.2 Å². The Labute approximate surface area is 131 Å². The minimum atomic E-state index is -4.66. The number of halogens is 3. The normalized spacial score (nSPS) is 11.8. The molecule has 0 atom stereocenters. The molecule has 0 fully saturated rings. The van der Waals surface area contributed by atoms with Gasteiger partial charge >= 0.3 is 12.1 Å². The second-order valence-electron chi connectivity index (χ2n) is 4.49. The maximum atomic E-state index is 13.2. The quantitative estimate of drug-likeness (QED) is 0.790. The van der Waals surface area contributed by atoms with Gasteiger partial charge in [0.1, 0.15) is 11.3 Å². The second kappa shape index (κ2) is 5.58. The maximum absolute atomic E-state index is 13.2. The van der Waals surface area contributed by atoms with E-state index in [-0.39, 0.29) is 16.4 Å². The number of benzene rings is 1. The Morgan fingerprint density at radius 1 is 1.09 bits per heavy atom. The van der Waals surface area contributed by atoms with Crippen LogP contribution in [0.1, 0.15) is 16.1 Å². The summed E-state index contributed by atoms with van der Waals surface area (Å²) in [7, 11) is 0. The molecule has 23 heavy (non-hydrogen) atoms. The summed E-state index contributed by atoms with van der Waals surface area (Å²) >= 11 is 0.971.